The first-order valence-corrected chi connectivity index (χ1v) is 22.6. The second kappa shape index (κ2) is 15.6. The average Bonchev–Trinajstić information content (AvgIpc) is 3.82. The Bertz CT molecular complexity index is 3720. The van der Waals surface area contributed by atoms with Crippen LogP contribution < -0.4 is 0 Å². The molecule has 1 aliphatic rings. The van der Waals surface area contributed by atoms with Gasteiger partial charge in [0.15, 0.2) is 0 Å². The molecular formula is C63H43N3. The van der Waals surface area contributed by atoms with Crippen LogP contribution in [0, 0.1) is 11.3 Å². The third kappa shape index (κ3) is 6.62. The molecule has 0 atom stereocenters. The normalized spacial score (nSPS) is 12.5. The molecule has 1 aliphatic carbocycles. The quantitative estimate of drug-likeness (QED) is 0.160. The first-order chi connectivity index (χ1) is 32.4. The van der Waals surface area contributed by atoms with Crippen LogP contribution in [0.1, 0.15) is 30.5 Å². The van der Waals surface area contributed by atoms with E-state index in [2.05, 4.69) is 225 Å². The summed E-state index contributed by atoms with van der Waals surface area (Å²) in [6.45, 7) is 4.71. The Morgan fingerprint density at radius 2 is 0.909 bits per heavy atom. The van der Waals surface area contributed by atoms with Crippen LogP contribution in [-0.2, 0) is 5.41 Å². The Labute approximate surface area is 385 Å². The monoisotopic (exact) mass is 841 g/mol. The van der Waals surface area contributed by atoms with Crippen molar-refractivity contribution in [2.45, 2.75) is 19.3 Å². The van der Waals surface area contributed by atoms with E-state index in [0.29, 0.717) is 5.56 Å². The van der Waals surface area contributed by atoms with Crippen molar-refractivity contribution in [1.82, 2.24) is 9.55 Å². The van der Waals surface area contributed by atoms with E-state index in [1.807, 2.05) is 24.3 Å². The van der Waals surface area contributed by atoms with Gasteiger partial charge in [0.1, 0.15) is 0 Å². The summed E-state index contributed by atoms with van der Waals surface area (Å²) in [7, 11) is 0. The molecule has 0 unspecified atom stereocenters. The van der Waals surface area contributed by atoms with Crippen LogP contribution in [0.3, 0.4) is 0 Å². The van der Waals surface area contributed by atoms with Gasteiger partial charge < -0.3 is 4.57 Å². The highest BCUT2D eigenvalue weighted by atomic mass is 15.0. The molecule has 0 fully saturated rings. The number of aromatic nitrogens is 2. The smallest absolute Gasteiger partial charge is 0.0991 e. The summed E-state index contributed by atoms with van der Waals surface area (Å²) < 4.78 is 2.47. The zero-order valence-electron chi connectivity index (χ0n) is 36.7. The number of pyridine rings is 1. The molecule has 11 aromatic rings. The van der Waals surface area contributed by atoms with E-state index in [9.17, 15) is 5.26 Å². The molecule has 66 heavy (non-hydrogen) atoms. The number of benzene rings is 9. The first kappa shape index (κ1) is 39.0. The maximum Gasteiger partial charge on any atom is 0.0991 e. The van der Waals surface area contributed by atoms with Crippen molar-refractivity contribution in [3.63, 3.8) is 0 Å². The molecule has 0 aliphatic heterocycles. The zero-order valence-corrected chi connectivity index (χ0v) is 36.7. The Balaban J connectivity index is 1.14. The van der Waals surface area contributed by atoms with Gasteiger partial charge in [-0.05, 0) is 133 Å². The Hall–Kier alpha value is -8.58. The van der Waals surface area contributed by atoms with Gasteiger partial charge in [-0.25, -0.2) is 4.98 Å². The van der Waals surface area contributed by atoms with Crippen molar-refractivity contribution in [3.8, 4) is 89.9 Å². The second-order valence-electron chi connectivity index (χ2n) is 17.9. The largest absolute Gasteiger partial charge is 0.309 e. The van der Waals surface area contributed by atoms with Gasteiger partial charge in [0.2, 0.25) is 0 Å². The SMILES string of the molecule is CC1(C)c2ccccc2-c2cc3c4ccc(-c5ccccc5)cc4n(-c4cc(-c5cccc(C#N)c5)cc(-c5cc(-c6ccccc6)nc(-c6cccc(-c7ccccc7)c6)c5)c4)c3cc21. The van der Waals surface area contributed by atoms with Gasteiger partial charge in [-0.1, -0.05) is 172 Å². The molecule has 3 heteroatoms. The number of rotatable bonds is 7. The molecule has 310 valence electrons. The number of hydrogen-bond acceptors (Lipinski definition) is 2. The van der Waals surface area contributed by atoms with Gasteiger partial charge in [0.25, 0.3) is 0 Å². The summed E-state index contributed by atoms with van der Waals surface area (Å²) in [5.74, 6) is 0. The fraction of sp³-hybridized carbons (Fsp3) is 0.0476. The van der Waals surface area contributed by atoms with E-state index in [1.54, 1.807) is 0 Å². The van der Waals surface area contributed by atoms with Gasteiger partial charge in [-0.3, -0.25) is 0 Å². The minimum atomic E-state index is -0.180. The van der Waals surface area contributed by atoms with Crippen molar-refractivity contribution < 1.29 is 0 Å². The lowest BCUT2D eigenvalue weighted by Gasteiger charge is -2.22. The maximum absolute atomic E-state index is 10.1. The maximum atomic E-state index is 10.1. The van der Waals surface area contributed by atoms with E-state index < -0.39 is 0 Å². The van der Waals surface area contributed by atoms with Crippen LogP contribution in [0.2, 0.25) is 0 Å². The van der Waals surface area contributed by atoms with Crippen LogP contribution in [-0.4, -0.2) is 9.55 Å². The van der Waals surface area contributed by atoms with Gasteiger partial charge >= 0.3 is 0 Å². The summed E-state index contributed by atoms with van der Waals surface area (Å²) in [4.78, 5) is 5.35. The van der Waals surface area contributed by atoms with Gasteiger partial charge in [0, 0.05) is 33.0 Å². The lowest BCUT2D eigenvalue weighted by molar-refractivity contribution is 0.661. The lowest BCUT2D eigenvalue weighted by Crippen LogP contribution is -2.15. The van der Waals surface area contributed by atoms with Crippen LogP contribution in [0.5, 0.6) is 0 Å². The Morgan fingerprint density at radius 3 is 1.62 bits per heavy atom. The molecule has 0 bridgehead atoms. The van der Waals surface area contributed by atoms with Crippen molar-refractivity contribution in [1.29, 1.82) is 5.26 Å². The number of nitriles is 1. The third-order valence-electron chi connectivity index (χ3n) is 13.6. The molecule has 0 amide bonds. The summed E-state index contributed by atoms with van der Waals surface area (Å²) in [5.41, 5.74) is 21.7. The highest BCUT2D eigenvalue weighted by Gasteiger charge is 2.36. The minimum absolute atomic E-state index is 0.180. The number of hydrogen-bond donors (Lipinski definition) is 0. The summed E-state index contributed by atoms with van der Waals surface area (Å²) in [6, 6.07) is 82.7. The van der Waals surface area contributed by atoms with Crippen molar-refractivity contribution in [2.24, 2.45) is 0 Å². The first-order valence-electron chi connectivity index (χ1n) is 22.6. The van der Waals surface area contributed by atoms with Gasteiger partial charge in [-0.15, -0.1) is 0 Å². The molecule has 0 spiro atoms. The van der Waals surface area contributed by atoms with Gasteiger partial charge in [0.05, 0.1) is 34.1 Å². The zero-order chi connectivity index (χ0) is 44.4. The molecule has 0 saturated carbocycles. The fourth-order valence-corrected chi connectivity index (χ4v) is 10.2. The van der Waals surface area contributed by atoms with E-state index in [-0.39, 0.29) is 5.41 Å². The Morgan fingerprint density at radius 1 is 0.379 bits per heavy atom. The van der Waals surface area contributed by atoms with E-state index >= 15 is 0 Å². The van der Waals surface area contributed by atoms with Crippen LogP contribution in [0.15, 0.2) is 224 Å². The number of nitrogens with zero attached hydrogens (tertiary/aromatic N) is 3. The number of fused-ring (bicyclic) bond motifs is 6. The standard InChI is InChI=1S/C63H43N3/c1-63(2)57-27-13-12-26-53(57)55-38-56-54-29-28-47(43-19-8-4-9-20-43)37-61(54)66(62(56)39-58(55)63)52-33-49(45-23-14-16-41(30-45)40-64)32-50(34-52)51-35-59(44-21-10-5-11-22-44)65-60(36-51)48-25-15-24-46(31-48)42-17-6-3-7-18-42/h3-39H,1-2H3. The summed E-state index contributed by atoms with van der Waals surface area (Å²) in [6.07, 6.45) is 0. The van der Waals surface area contributed by atoms with E-state index in [4.69, 9.17) is 4.98 Å². The Kier molecular flexibility index (Phi) is 9.22. The molecule has 9 aromatic carbocycles. The fourth-order valence-electron chi connectivity index (χ4n) is 10.2. The predicted octanol–water partition coefficient (Wildman–Crippen LogP) is 16.4. The molecule has 3 nitrogen and oxygen atoms in total. The molecular weight excluding hydrogens is 799 g/mol. The molecule has 0 radical (unpaired) electrons. The van der Waals surface area contributed by atoms with Crippen LogP contribution >= 0.6 is 0 Å². The minimum Gasteiger partial charge on any atom is -0.309 e. The molecule has 0 N–H and O–H groups in total. The highest BCUT2D eigenvalue weighted by molar-refractivity contribution is 6.12. The van der Waals surface area contributed by atoms with Crippen molar-refractivity contribution in [3.05, 3.63) is 241 Å². The summed E-state index contributed by atoms with van der Waals surface area (Å²) >= 11 is 0. The van der Waals surface area contributed by atoms with Crippen molar-refractivity contribution >= 4 is 21.8 Å². The third-order valence-corrected chi connectivity index (χ3v) is 13.6. The molecule has 0 saturated heterocycles. The molecule has 2 aromatic heterocycles. The topological polar surface area (TPSA) is 41.6 Å². The molecule has 12 rings (SSSR count). The van der Waals surface area contributed by atoms with Crippen LogP contribution in [0.4, 0.5) is 0 Å². The summed E-state index contributed by atoms with van der Waals surface area (Å²) in [5, 5.41) is 12.5. The van der Waals surface area contributed by atoms with E-state index in [0.717, 1.165) is 78.2 Å². The molecule has 2 heterocycles. The van der Waals surface area contributed by atoms with Crippen molar-refractivity contribution in [2.75, 3.05) is 0 Å². The predicted molar refractivity (Wildman–Crippen MR) is 273 cm³/mol. The lowest BCUT2D eigenvalue weighted by atomic mass is 9.82. The van der Waals surface area contributed by atoms with Gasteiger partial charge in [-0.2, -0.15) is 5.26 Å². The average molecular weight is 842 g/mol. The second-order valence-corrected chi connectivity index (χ2v) is 17.9. The van der Waals surface area contributed by atoms with Crippen LogP contribution in [0.25, 0.3) is 106 Å². The highest BCUT2D eigenvalue weighted by Crippen LogP contribution is 2.51. The van der Waals surface area contributed by atoms with E-state index in [1.165, 1.54) is 38.6 Å².